The molecule has 1 amide bonds. The van der Waals surface area contributed by atoms with Crippen LogP contribution in [0.15, 0.2) is 24.5 Å². The lowest BCUT2D eigenvalue weighted by Gasteiger charge is -2.09. The molecule has 1 saturated heterocycles. The third-order valence-corrected chi connectivity index (χ3v) is 3.55. The van der Waals surface area contributed by atoms with Crippen LogP contribution in [0.3, 0.4) is 0 Å². The molecular formula is C13H14ClFN4O. The molecular weight excluding hydrogens is 283 g/mol. The van der Waals surface area contributed by atoms with Crippen LogP contribution in [0.25, 0.3) is 5.65 Å². The van der Waals surface area contributed by atoms with Crippen LogP contribution in [0.1, 0.15) is 16.9 Å². The van der Waals surface area contributed by atoms with Crippen LogP contribution in [0, 0.1) is 0 Å². The summed E-state index contributed by atoms with van der Waals surface area (Å²) < 4.78 is 14.7. The van der Waals surface area contributed by atoms with Crippen LogP contribution in [0.4, 0.5) is 4.39 Å². The Bertz CT molecular complexity index is 644. The van der Waals surface area contributed by atoms with Gasteiger partial charge in [0.05, 0.1) is 5.02 Å². The van der Waals surface area contributed by atoms with E-state index in [2.05, 4.69) is 15.6 Å². The standard InChI is InChI=1S/C13H14ClFN4O/c14-8-1-2-12-18-11(7-19(12)6-8)13(20)17-5-10-3-9(15)4-16-10/h1-2,6-7,9-10,16H,3-5H2,(H,17,20). The summed E-state index contributed by atoms with van der Waals surface area (Å²) in [5, 5.41) is 6.35. The van der Waals surface area contributed by atoms with E-state index < -0.39 is 6.17 Å². The Labute approximate surface area is 120 Å². The fourth-order valence-corrected chi connectivity index (χ4v) is 2.47. The van der Waals surface area contributed by atoms with Crippen molar-refractivity contribution in [1.29, 1.82) is 0 Å². The Balaban J connectivity index is 1.66. The van der Waals surface area contributed by atoms with E-state index in [4.69, 9.17) is 11.6 Å². The van der Waals surface area contributed by atoms with Crippen LogP contribution in [-0.2, 0) is 0 Å². The van der Waals surface area contributed by atoms with E-state index in [1.165, 1.54) is 0 Å². The summed E-state index contributed by atoms with van der Waals surface area (Å²) in [7, 11) is 0. The normalized spacial score (nSPS) is 22.3. The first-order chi connectivity index (χ1) is 9.61. The highest BCUT2D eigenvalue weighted by Crippen LogP contribution is 2.12. The summed E-state index contributed by atoms with van der Waals surface area (Å²) in [5.74, 6) is -0.270. The van der Waals surface area contributed by atoms with Gasteiger partial charge in [-0.15, -0.1) is 0 Å². The number of hydrogen-bond acceptors (Lipinski definition) is 3. The molecule has 2 unspecified atom stereocenters. The predicted molar refractivity (Wildman–Crippen MR) is 73.8 cm³/mol. The molecule has 2 atom stereocenters. The number of alkyl halides is 1. The zero-order valence-corrected chi connectivity index (χ0v) is 11.4. The topological polar surface area (TPSA) is 58.4 Å². The average Bonchev–Trinajstić information content (AvgIpc) is 3.01. The van der Waals surface area contributed by atoms with E-state index in [0.717, 1.165) is 0 Å². The molecule has 0 spiro atoms. The van der Waals surface area contributed by atoms with Gasteiger partial charge in [-0.05, 0) is 18.6 Å². The van der Waals surface area contributed by atoms with E-state index in [-0.39, 0.29) is 11.9 Å². The van der Waals surface area contributed by atoms with Crippen molar-refractivity contribution in [2.75, 3.05) is 13.1 Å². The number of halogens is 2. The Morgan fingerprint density at radius 1 is 1.55 bits per heavy atom. The molecule has 2 aromatic heterocycles. The molecule has 0 aliphatic carbocycles. The van der Waals surface area contributed by atoms with Crippen molar-refractivity contribution >= 4 is 23.2 Å². The monoisotopic (exact) mass is 296 g/mol. The Morgan fingerprint density at radius 2 is 2.40 bits per heavy atom. The van der Waals surface area contributed by atoms with Crippen LogP contribution in [-0.4, -0.2) is 40.6 Å². The van der Waals surface area contributed by atoms with Crippen LogP contribution < -0.4 is 10.6 Å². The Hall–Kier alpha value is -1.66. The number of imidazole rings is 1. The zero-order chi connectivity index (χ0) is 14.1. The lowest BCUT2D eigenvalue weighted by Crippen LogP contribution is -2.37. The summed E-state index contributed by atoms with van der Waals surface area (Å²) in [6.07, 6.45) is 2.92. The Morgan fingerprint density at radius 3 is 3.15 bits per heavy atom. The fraction of sp³-hybridized carbons (Fsp3) is 0.385. The molecule has 7 heteroatoms. The molecule has 3 heterocycles. The van der Waals surface area contributed by atoms with Gasteiger partial charge in [-0.3, -0.25) is 4.79 Å². The number of amides is 1. The van der Waals surface area contributed by atoms with Crippen LogP contribution >= 0.6 is 11.6 Å². The number of aromatic nitrogens is 2. The van der Waals surface area contributed by atoms with E-state index in [1.807, 2.05) is 0 Å². The van der Waals surface area contributed by atoms with Crippen molar-refractivity contribution in [3.63, 3.8) is 0 Å². The third-order valence-electron chi connectivity index (χ3n) is 3.32. The molecule has 1 aliphatic heterocycles. The molecule has 0 saturated carbocycles. The van der Waals surface area contributed by atoms with Crippen molar-refractivity contribution in [3.8, 4) is 0 Å². The highest BCUT2D eigenvalue weighted by atomic mass is 35.5. The second-order valence-corrected chi connectivity index (χ2v) is 5.32. The summed E-state index contributed by atoms with van der Waals surface area (Å²) in [6.45, 7) is 0.751. The zero-order valence-electron chi connectivity index (χ0n) is 10.6. The summed E-state index contributed by atoms with van der Waals surface area (Å²) in [6, 6.07) is 3.45. The number of nitrogens with one attached hydrogen (secondary N) is 2. The van der Waals surface area contributed by atoms with Gasteiger partial charge in [-0.1, -0.05) is 11.6 Å². The van der Waals surface area contributed by atoms with Gasteiger partial charge in [0.15, 0.2) is 0 Å². The van der Waals surface area contributed by atoms with Gasteiger partial charge in [0.1, 0.15) is 17.5 Å². The highest BCUT2D eigenvalue weighted by Gasteiger charge is 2.24. The summed E-state index contributed by atoms with van der Waals surface area (Å²) in [4.78, 5) is 16.2. The third kappa shape index (κ3) is 2.76. The minimum absolute atomic E-state index is 0.0135. The average molecular weight is 297 g/mol. The van der Waals surface area contributed by atoms with Gasteiger partial charge in [0.25, 0.3) is 5.91 Å². The van der Waals surface area contributed by atoms with E-state index in [0.29, 0.717) is 35.9 Å². The molecule has 106 valence electrons. The number of pyridine rings is 1. The lowest BCUT2D eigenvalue weighted by molar-refractivity contribution is 0.0945. The molecule has 2 N–H and O–H groups in total. The summed E-state index contributed by atoms with van der Waals surface area (Å²) >= 11 is 5.88. The highest BCUT2D eigenvalue weighted by molar-refractivity contribution is 6.30. The fourth-order valence-electron chi connectivity index (χ4n) is 2.31. The van der Waals surface area contributed by atoms with Crippen molar-refractivity contribution in [2.24, 2.45) is 0 Å². The molecule has 1 aliphatic rings. The van der Waals surface area contributed by atoms with Crippen molar-refractivity contribution in [1.82, 2.24) is 20.0 Å². The van der Waals surface area contributed by atoms with E-state index in [9.17, 15) is 9.18 Å². The maximum atomic E-state index is 13.0. The molecule has 0 bridgehead atoms. The van der Waals surface area contributed by atoms with Gasteiger partial charge < -0.3 is 15.0 Å². The van der Waals surface area contributed by atoms with Gasteiger partial charge >= 0.3 is 0 Å². The van der Waals surface area contributed by atoms with E-state index in [1.54, 1.807) is 28.9 Å². The largest absolute Gasteiger partial charge is 0.349 e. The van der Waals surface area contributed by atoms with E-state index >= 15 is 0 Å². The number of nitrogens with zero attached hydrogens (tertiary/aromatic N) is 2. The minimum Gasteiger partial charge on any atom is -0.349 e. The van der Waals surface area contributed by atoms with Gasteiger partial charge in [-0.2, -0.15) is 0 Å². The molecule has 0 aromatic carbocycles. The molecule has 3 rings (SSSR count). The second-order valence-electron chi connectivity index (χ2n) is 4.89. The number of fused-ring (bicyclic) bond motifs is 1. The number of carbonyl (C=O) groups is 1. The lowest BCUT2D eigenvalue weighted by atomic mass is 10.2. The predicted octanol–water partition coefficient (Wildman–Crippen LogP) is 1.42. The van der Waals surface area contributed by atoms with Crippen LogP contribution in [0.5, 0.6) is 0 Å². The first-order valence-corrected chi connectivity index (χ1v) is 6.79. The number of hydrogen-bond donors (Lipinski definition) is 2. The molecule has 1 fully saturated rings. The van der Waals surface area contributed by atoms with Crippen molar-refractivity contribution in [3.05, 3.63) is 35.2 Å². The van der Waals surface area contributed by atoms with Crippen molar-refractivity contribution < 1.29 is 9.18 Å². The van der Waals surface area contributed by atoms with Crippen molar-refractivity contribution in [2.45, 2.75) is 18.6 Å². The van der Waals surface area contributed by atoms with Gasteiger partial charge in [0.2, 0.25) is 0 Å². The Kier molecular flexibility index (Phi) is 3.58. The quantitative estimate of drug-likeness (QED) is 0.900. The SMILES string of the molecule is O=C(NCC1CC(F)CN1)c1cn2cc(Cl)ccc2n1. The van der Waals surface area contributed by atoms with Crippen LogP contribution in [0.2, 0.25) is 5.02 Å². The molecule has 5 nitrogen and oxygen atoms in total. The first kappa shape index (κ1) is 13.3. The van der Waals surface area contributed by atoms with Gasteiger partial charge in [-0.25, -0.2) is 9.37 Å². The van der Waals surface area contributed by atoms with Gasteiger partial charge in [0, 0.05) is 31.5 Å². The summed E-state index contributed by atoms with van der Waals surface area (Å²) in [5.41, 5.74) is 0.976. The number of rotatable bonds is 3. The molecule has 20 heavy (non-hydrogen) atoms. The molecule has 0 radical (unpaired) electrons. The first-order valence-electron chi connectivity index (χ1n) is 6.42. The smallest absolute Gasteiger partial charge is 0.271 e. The maximum absolute atomic E-state index is 13.0. The maximum Gasteiger partial charge on any atom is 0.271 e. The second kappa shape index (κ2) is 5.38. The number of carbonyl (C=O) groups excluding carboxylic acids is 1. The minimum atomic E-state index is -0.825. The molecule has 2 aromatic rings.